The topological polar surface area (TPSA) is 67.8 Å². The second-order valence-electron chi connectivity index (χ2n) is 3.60. The summed E-state index contributed by atoms with van der Waals surface area (Å²) in [6, 6.07) is 6.05. The number of nitrogens with one attached hydrogen (secondary N) is 1. The van der Waals surface area contributed by atoms with Crippen LogP contribution in [0.3, 0.4) is 0 Å². The van der Waals surface area contributed by atoms with Gasteiger partial charge in [0.15, 0.2) is 6.29 Å². The minimum absolute atomic E-state index is 0.132. The van der Waals surface area contributed by atoms with Crippen LogP contribution in [0.4, 0.5) is 0 Å². The summed E-state index contributed by atoms with van der Waals surface area (Å²) < 4.78 is 10.6. The van der Waals surface area contributed by atoms with Crippen LogP contribution in [-0.2, 0) is 9.47 Å². The standard InChI is InChI=1S/C13H19NO4/c1-3-17-12(18-4-2)9-14-13(16)10-5-7-11(15)8-6-10/h5-8,12,15H,3-4,9H2,1-2H3,(H,14,16). The molecule has 0 spiro atoms. The smallest absolute Gasteiger partial charge is 0.251 e. The van der Waals surface area contributed by atoms with E-state index in [9.17, 15) is 4.79 Å². The number of carbonyl (C=O) groups is 1. The number of phenolic OH excluding ortho intramolecular Hbond substituents is 1. The summed E-state index contributed by atoms with van der Waals surface area (Å²) in [5.41, 5.74) is 0.486. The fourth-order valence-electron chi connectivity index (χ4n) is 1.43. The van der Waals surface area contributed by atoms with Gasteiger partial charge in [0.05, 0.1) is 6.54 Å². The zero-order valence-corrected chi connectivity index (χ0v) is 10.7. The zero-order valence-electron chi connectivity index (χ0n) is 10.7. The maximum Gasteiger partial charge on any atom is 0.251 e. The van der Waals surface area contributed by atoms with Crippen LogP contribution in [0.5, 0.6) is 5.75 Å². The highest BCUT2D eigenvalue weighted by Gasteiger charge is 2.11. The van der Waals surface area contributed by atoms with Crippen LogP contribution in [0.1, 0.15) is 24.2 Å². The minimum atomic E-state index is -0.430. The van der Waals surface area contributed by atoms with Gasteiger partial charge in [-0.15, -0.1) is 0 Å². The predicted molar refractivity (Wildman–Crippen MR) is 67.5 cm³/mol. The molecule has 0 fully saturated rings. The molecule has 2 N–H and O–H groups in total. The number of ether oxygens (including phenoxy) is 2. The molecule has 0 atom stereocenters. The van der Waals surface area contributed by atoms with E-state index in [0.717, 1.165) is 0 Å². The van der Waals surface area contributed by atoms with Gasteiger partial charge >= 0.3 is 0 Å². The molecule has 18 heavy (non-hydrogen) atoms. The second-order valence-corrected chi connectivity index (χ2v) is 3.60. The van der Waals surface area contributed by atoms with Gasteiger partial charge in [-0.3, -0.25) is 4.79 Å². The van der Waals surface area contributed by atoms with Gasteiger partial charge in [-0.2, -0.15) is 0 Å². The van der Waals surface area contributed by atoms with Crippen molar-refractivity contribution in [1.82, 2.24) is 5.32 Å². The van der Waals surface area contributed by atoms with E-state index in [0.29, 0.717) is 25.3 Å². The Morgan fingerprint density at radius 2 is 1.78 bits per heavy atom. The molecule has 0 aliphatic heterocycles. The van der Waals surface area contributed by atoms with Crippen molar-refractivity contribution >= 4 is 5.91 Å². The lowest BCUT2D eigenvalue weighted by molar-refractivity contribution is -0.131. The SMILES string of the molecule is CCOC(CNC(=O)c1ccc(O)cc1)OCC. The normalized spacial score (nSPS) is 10.6. The lowest BCUT2D eigenvalue weighted by atomic mass is 10.2. The Hall–Kier alpha value is -1.59. The van der Waals surface area contributed by atoms with Gasteiger partial charge in [-0.25, -0.2) is 0 Å². The lowest BCUT2D eigenvalue weighted by Gasteiger charge is -2.17. The lowest BCUT2D eigenvalue weighted by Crippen LogP contribution is -2.35. The summed E-state index contributed by atoms with van der Waals surface area (Å²) in [5, 5.41) is 11.8. The molecular formula is C13H19NO4. The van der Waals surface area contributed by atoms with Crippen LogP contribution < -0.4 is 5.32 Å². The summed E-state index contributed by atoms with van der Waals surface area (Å²) in [4.78, 5) is 11.8. The molecule has 0 saturated heterocycles. The molecule has 1 aromatic rings. The number of aromatic hydroxyl groups is 1. The Labute approximate surface area is 107 Å². The van der Waals surface area contributed by atoms with E-state index in [4.69, 9.17) is 14.6 Å². The van der Waals surface area contributed by atoms with E-state index in [1.807, 2.05) is 13.8 Å². The fourth-order valence-corrected chi connectivity index (χ4v) is 1.43. The fraction of sp³-hybridized carbons (Fsp3) is 0.462. The summed E-state index contributed by atoms with van der Waals surface area (Å²) in [6.45, 7) is 5.09. The first-order valence-corrected chi connectivity index (χ1v) is 5.97. The first-order valence-electron chi connectivity index (χ1n) is 5.97. The first kappa shape index (κ1) is 14.5. The molecule has 0 unspecified atom stereocenters. The number of benzene rings is 1. The van der Waals surface area contributed by atoms with Gasteiger partial charge in [0.1, 0.15) is 5.75 Å². The number of hydrogen-bond acceptors (Lipinski definition) is 4. The van der Waals surface area contributed by atoms with Crippen LogP contribution in [0.25, 0.3) is 0 Å². The van der Waals surface area contributed by atoms with Gasteiger partial charge in [0.2, 0.25) is 0 Å². The van der Waals surface area contributed by atoms with Gasteiger partial charge in [0.25, 0.3) is 5.91 Å². The Balaban J connectivity index is 2.46. The van der Waals surface area contributed by atoms with Crippen LogP contribution in [-0.4, -0.2) is 37.1 Å². The summed E-state index contributed by atoms with van der Waals surface area (Å²) in [5.74, 6) is -0.0903. The number of carbonyl (C=O) groups excluding carboxylic acids is 1. The summed E-state index contributed by atoms with van der Waals surface area (Å²) >= 11 is 0. The third-order valence-corrected chi connectivity index (χ3v) is 2.26. The molecular weight excluding hydrogens is 234 g/mol. The van der Waals surface area contributed by atoms with Crippen molar-refractivity contribution in [3.63, 3.8) is 0 Å². The molecule has 0 aliphatic carbocycles. The molecule has 5 heteroatoms. The van der Waals surface area contributed by atoms with E-state index in [1.54, 1.807) is 12.1 Å². The van der Waals surface area contributed by atoms with Crippen LogP contribution in [0, 0.1) is 0 Å². The summed E-state index contributed by atoms with van der Waals surface area (Å²) in [6.07, 6.45) is -0.430. The van der Waals surface area contributed by atoms with Crippen molar-refractivity contribution in [2.75, 3.05) is 19.8 Å². The molecule has 0 radical (unpaired) electrons. The van der Waals surface area contributed by atoms with Crippen molar-refractivity contribution in [1.29, 1.82) is 0 Å². The van der Waals surface area contributed by atoms with Gasteiger partial charge in [0, 0.05) is 18.8 Å². The first-order chi connectivity index (χ1) is 8.67. The van der Waals surface area contributed by atoms with Crippen LogP contribution >= 0.6 is 0 Å². The molecule has 0 aromatic heterocycles. The molecule has 1 aromatic carbocycles. The predicted octanol–water partition coefficient (Wildman–Crippen LogP) is 1.52. The van der Waals surface area contributed by atoms with Crippen LogP contribution in [0.15, 0.2) is 24.3 Å². The molecule has 1 rings (SSSR count). The third kappa shape index (κ3) is 4.73. The highest BCUT2D eigenvalue weighted by Crippen LogP contribution is 2.09. The largest absolute Gasteiger partial charge is 0.508 e. The van der Waals surface area contributed by atoms with Crippen molar-refractivity contribution < 1.29 is 19.4 Å². The Bertz CT molecular complexity index is 358. The van der Waals surface area contributed by atoms with Crippen molar-refractivity contribution in [3.05, 3.63) is 29.8 Å². The molecule has 100 valence electrons. The Morgan fingerprint density at radius 1 is 1.22 bits per heavy atom. The average molecular weight is 253 g/mol. The highest BCUT2D eigenvalue weighted by molar-refractivity contribution is 5.94. The molecule has 0 aliphatic rings. The maximum atomic E-state index is 11.8. The second kappa shape index (κ2) is 7.68. The number of amides is 1. The maximum absolute atomic E-state index is 11.8. The number of phenols is 1. The van der Waals surface area contributed by atoms with Crippen LogP contribution in [0.2, 0.25) is 0 Å². The molecule has 5 nitrogen and oxygen atoms in total. The van der Waals surface area contributed by atoms with Crippen molar-refractivity contribution in [3.8, 4) is 5.75 Å². The van der Waals surface area contributed by atoms with E-state index in [-0.39, 0.29) is 11.7 Å². The summed E-state index contributed by atoms with van der Waals surface area (Å²) in [7, 11) is 0. The zero-order chi connectivity index (χ0) is 13.4. The minimum Gasteiger partial charge on any atom is -0.508 e. The molecule has 0 saturated carbocycles. The van der Waals surface area contributed by atoms with Gasteiger partial charge in [-0.1, -0.05) is 0 Å². The number of hydrogen-bond donors (Lipinski definition) is 2. The monoisotopic (exact) mass is 253 g/mol. The van der Waals surface area contributed by atoms with Crippen molar-refractivity contribution in [2.45, 2.75) is 20.1 Å². The highest BCUT2D eigenvalue weighted by atomic mass is 16.7. The van der Waals surface area contributed by atoms with E-state index >= 15 is 0 Å². The molecule has 0 bridgehead atoms. The average Bonchev–Trinajstić information content (AvgIpc) is 2.37. The quantitative estimate of drug-likeness (QED) is 0.723. The van der Waals surface area contributed by atoms with E-state index in [2.05, 4.69) is 5.32 Å². The Morgan fingerprint density at radius 3 is 2.28 bits per heavy atom. The number of rotatable bonds is 7. The molecule has 0 heterocycles. The van der Waals surface area contributed by atoms with Gasteiger partial charge < -0.3 is 19.9 Å². The van der Waals surface area contributed by atoms with E-state index in [1.165, 1.54) is 12.1 Å². The van der Waals surface area contributed by atoms with Gasteiger partial charge in [-0.05, 0) is 38.1 Å². The Kier molecular flexibility index (Phi) is 6.18. The van der Waals surface area contributed by atoms with Crippen molar-refractivity contribution in [2.24, 2.45) is 0 Å². The molecule has 1 amide bonds. The van der Waals surface area contributed by atoms with E-state index < -0.39 is 6.29 Å². The third-order valence-electron chi connectivity index (χ3n) is 2.26.